The molecule has 0 aromatic carbocycles. The number of aromatic amines is 1. The molecule has 25 heavy (non-hydrogen) atoms. The molecule has 1 amide bonds. The number of carboxylic acid groups (broad SMARTS) is 2. The average molecular weight is 355 g/mol. The van der Waals surface area contributed by atoms with E-state index in [1.807, 2.05) is 13.8 Å². The van der Waals surface area contributed by atoms with Crippen LogP contribution in [-0.4, -0.2) is 67.3 Å². The normalized spacial score (nSPS) is 15.8. The Labute approximate surface area is 145 Å². The number of carboxylic acids is 1. The molecule has 2 heterocycles. The molecule has 1 aliphatic heterocycles. The van der Waals surface area contributed by atoms with Gasteiger partial charge in [0.1, 0.15) is 12.2 Å². The second kappa shape index (κ2) is 9.11. The predicted octanol–water partition coefficient (Wildman–Crippen LogP) is 0.184. The van der Waals surface area contributed by atoms with E-state index in [1.165, 1.54) is 0 Å². The van der Waals surface area contributed by atoms with Gasteiger partial charge in [-0.15, -0.1) is 0 Å². The number of rotatable bonds is 6. The van der Waals surface area contributed by atoms with Gasteiger partial charge in [0.05, 0.1) is 11.6 Å². The number of nitrogens with zero attached hydrogens (tertiary/aromatic N) is 3. The summed E-state index contributed by atoms with van der Waals surface area (Å²) in [6.45, 7) is 7.21. The molecule has 1 aromatic rings. The number of aromatic nitrogens is 3. The third-order valence-corrected chi connectivity index (χ3v) is 4.05. The van der Waals surface area contributed by atoms with Gasteiger partial charge in [0, 0.05) is 0 Å². The summed E-state index contributed by atoms with van der Waals surface area (Å²) in [5, 5.41) is 25.1. The fraction of sp³-hybridized carbons (Fsp3) is 0.667. The molecule has 140 valence electrons. The Morgan fingerprint density at radius 2 is 1.96 bits per heavy atom. The van der Waals surface area contributed by atoms with Crippen molar-refractivity contribution >= 4 is 18.3 Å². The molecule has 0 saturated carbocycles. The maximum atomic E-state index is 12.5. The van der Waals surface area contributed by atoms with E-state index in [1.54, 1.807) is 6.92 Å². The SMILES string of the molecule is CC(NC(=O)C(C)(C)N1CCCC1)c1n[nH]c(CC(=O)O)n1.O=CO. The van der Waals surface area contributed by atoms with Crippen molar-refractivity contribution in [3.05, 3.63) is 11.6 Å². The minimum atomic E-state index is -0.977. The Balaban J connectivity index is 0.000000970. The van der Waals surface area contributed by atoms with E-state index in [0.717, 1.165) is 25.9 Å². The van der Waals surface area contributed by atoms with Crippen molar-refractivity contribution in [2.24, 2.45) is 0 Å². The standard InChI is InChI=1S/C14H23N5O3.CH2O2/c1-9(12-16-10(17-18-12)8-11(20)21)15-13(22)14(2,3)19-6-4-5-7-19;2-1-3/h9H,4-8H2,1-3H3,(H,15,22)(H,20,21)(H,16,17,18);1H,(H,2,3). The Morgan fingerprint density at radius 1 is 1.40 bits per heavy atom. The van der Waals surface area contributed by atoms with Gasteiger partial charge in [-0.2, -0.15) is 5.10 Å². The van der Waals surface area contributed by atoms with Crippen molar-refractivity contribution in [1.82, 2.24) is 25.4 Å². The lowest BCUT2D eigenvalue weighted by Crippen LogP contribution is -2.54. The minimum Gasteiger partial charge on any atom is -0.483 e. The smallest absolute Gasteiger partial charge is 0.311 e. The van der Waals surface area contributed by atoms with E-state index in [0.29, 0.717) is 5.82 Å². The van der Waals surface area contributed by atoms with Gasteiger partial charge in [-0.1, -0.05) is 0 Å². The van der Waals surface area contributed by atoms with E-state index < -0.39 is 11.5 Å². The molecular weight excluding hydrogens is 330 g/mol. The number of H-pyrrole nitrogens is 1. The zero-order valence-electron chi connectivity index (χ0n) is 14.7. The second-order valence-corrected chi connectivity index (χ2v) is 6.26. The Hall–Kier alpha value is -2.49. The molecule has 1 unspecified atom stereocenters. The first-order chi connectivity index (χ1) is 11.7. The van der Waals surface area contributed by atoms with Crippen molar-refractivity contribution in [1.29, 1.82) is 0 Å². The van der Waals surface area contributed by atoms with Crippen LogP contribution in [0.25, 0.3) is 0 Å². The third kappa shape index (κ3) is 5.82. The number of nitrogens with one attached hydrogen (secondary N) is 2. The lowest BCUT2D eigenvalue weighted by atomic mass is 10.0. The summed E-state index contributed by atoms with van der Waals surface area (Å²) < 4.78 is 0. The van der Waals surface area contributed by atoms with Crippen LogP contribution >= 0.6 is 0 Å². The van der Waals surface area contributed by atoms with Crippen LogP contribution in [0.1, 0.15) is 51.3 Å². The van der Waals surface area contributed by atoms with Crippen LogP contribution in [0.4, 0.5) is 0 Å². The number of amides is 1. The zero-order valence-corrected chi connectivity index (χ0v) is 14.7. The molecule has 2 rings (SSSR count). The van der Waals surface area contributed by atoms with Crippen LogP contribution < -0.4 is 5.32 Å². The molecule has 1 saturated heterocycles. The summed E-state index contributed by atoms with van der Waals surface area (Å²) in [5.41, 5.74) is -0.578. The summed E-state index contributed by atoms with van der Waals surface area (Å²) in [6, 6.07) is -0.381. The molecule has 10 heteroatoms. The summed E-state index contributed by atoms with van der Waals surface area (Å²) in [6.07, 6.45) is 2.02. The first kappa shape index (κ1) is 20.6. The van der Waals surface area contributed by atoms with E-state index in [-0.39, 0.29) is 30.7 Å². The van der Waals surface area contributed by atoms with Gasteiger partial charge in [0.25, 0.3) is 6.47 Å². The highest BCUT2D eigenvalue weighted by Gasteiger charge is 2.36. The molecular formula is C15H25N5O5. The lowest BCUT2D eigenvalue weighted by Gasteiger charge is -2.34. The molecule has 10 nitrogen and oxygen atoms in total. The van der Waals surface area contributed by atoms with Crippen molar-refractivity contribution in [2.45, 2.75) is 51.6 Å². The summed E-state index contributed by atoms with van der Waals surface area (Å²) >= 11 is 0. The average Bonchev–Trinajstić information content (AvgIpc) is 3.18. The fourth-order valence-corrected chi connectivity index (χ4v) is 2.58. The van der Waals surface area contributed by atoms with Crippen molar-refractivity contribution in [3.63, 3.8) is 0 Å². The van der Waals surface area contributed by atoms with Gasteiger partial charge in [-0.25, -0.2) is 4.98 Å². The number of carbonyl (C=O) groups is 3. The molecule has 1 atom stereocenters. The lowest BCUT2D eigenvalue weighted by molar-refractivity contribution is -0.136. The largest absolute Gasteiger partial charge is 0.483 e. The van der Waals surface area contributed by atoms with Crippen molar-refractivity contribution < 1.29 is 24.6 Å². The van der Waals surface area contributed by atoms with Gasteiger partial charge in [0.15, 0.2) is 5.82 Å². The first-order valence-corrected chi connectivity index (χ1v) is 7.99. The van der Waals surface area contributed by atoms with Gasteiger partial charge in [-0.3, -0.25) is 24.4 Å². The molecule has 0 spiro atoms. The van der Waals surface area contributed by atoms with Crippen LogP contribution in [0.15, 0.2) is 0 Å². The molecule has 1 aliphatic rings. The highest BCUT2D eigenvalue weighted by molar-refractivity contribution is 5.85. The highest BCUT2D eigenvalue weighted by atomic mass is 16.4. The molecule has 0 radical (unpaired) electrons. The zero-order chi connectivity index (χ0) is 19.0. The number of carbonyl (C=O) groups excluding carboxylic acids is 1. The monoisotopic (exact) mass is 355 g/mol. The fourth-order valence-electron chi connectivity index (χ4n) is 2.58. The molecule has 1 fully saturated rings. The number of hydrogen-bond donors (Lipinski definition) is 4. The minimum absolute atomic E-state index is 0.0773. The number of likely N-dealkylation sites (tertiary alicyclic amines) is 1. The first-order valence-electron chi connectivity index (χ1n) is 7.99. The molecule has 0 bridgehead atoms. The van der Waals surface area contributed by atoms with Gasteiger partial charge >= 0.3 is 5.97 Å². The van der Waals surface area contributed by atoms with E-state index in [9.17, 15) is 9.59 Å². The number of aliphatic carboxylic acids is 1. The van der Waals surface area contributed by atoms with E-state index in [2.05, 4.69) is 25.4 Å². The quantitative estimate of drug-likeness (QED) is 0.528. The molecule has 1 aromatic heterocycles. The summed E-state index contributed by atoms with van der Waals surface area (Å²) in [4.78, 5) is 37.8. The summed E-state index contributed by atoms with van der Waals surface area (Å²) in [5.74, 6) is -0.384. The maximum Gasteiger partial charge on any atom is 0.311 e. The van der Waals surface area contributed by atoms with Gasteiger partial charge < -0.3 is 15.5 Å². The third-order valence-electron chi connectivity index (χ3n) is 4.05. The highest BCUT2D eigenvalue weighted by Crippen LogP contribution is 2.22. The Morgan fingerprint density at radius 3 is 2.48 bits per heavy atom. The van der Waals surface area contributed by atoms with Crippen LogP contribution in [0.5, 0.6) is 0 Å². The predicted molar refractivity (Wildman–Crippen MR) is 87.9 cm³/mol. The maximum absolute atomic E-state index is 12.5. The van der Waals surface area contributed by atoms with Crippen LogP contribution in [0.2, 0.25) is 0 Å². The van der Waals surface area contributed by atoms with Crippen LogP contribution in [0, 0.1) is 0 Å². The topological polar surface area (TPSA) is 149 Å². The van der Waals surface area contributed by atoms with Gasteiger partial charge in [0.2, 0.25) is 5.91 Å². The molecule has 0 aliphatic carbocycles. The van der Waals surface area contributed by atoms with Crippen LogP contribution in [0.3, 0.4) is 0 Å². The van der Waals surface area contributed by atoms with E-state index >= 15 is 0 Å². The van der Waals surface area contributed by atoms with E-state index in [4.69, 9.17) is 15.0 Å². The second-order valence-electron chi connectivity index (χ2n) is 6.26. The Kier molecular flexibility index (Phi) is 7.49. The van der Waals surface area contributed by atoms with Crippen molar-refractivity contribution in [2.75, 3.05) is 13.1 Å². The molecule has 4 N–H and O–H groups in total. The van der Waals surface area contributed by atoms with Gasteiger partial charge in [-0.05, 0) is 46.7 Å². The Bertz CT molecular complexity index is 595. The van der Waals surface area contributed by atoms with Crippen molar-refractivity contribution in [3.8, 4) is 0 Å². The number of hydrogen-bond acceptors (Lipinski definition) is 6. The summed E-state index contributed by atoms with van der Waals surface area (Å²) in [7, 11) is 0. The van der Waals surface area contributed by atoms with Crippen LogP contribution in [-0.2, 0) is 20.8 Å².